The standard InChI is InChI=1S/C18H28N6O/c1-14(2)24-17(7-8-19-24)21-18(25)13-22-9-5-4-6-16(22)12-23-11-15(3)10-20-23/h7-8,10-11,14,16H,4-6,9,12-13H2,1-3H3,(H,21,25)/t16-/m1/s1. The van der Waals surface area contributed by atoms with Crippen LogP contribution in [-0.2, 0) is 11.3 Å². The van der Waals surface area contributed by atoms with Crippen molar-refractivity contribution >= 4 is 11.7 Å². The van der Waals surface area contributed by atoms with Gasteiger partial charge in [-0.1, -0.05) is 6.42 Å². The number of aryl methyl sites for hydroxylation is 1. The molecule has 3 heterocycles. The summed E-state index contributed by atoms with van der Waals surface area (Å²) >= 11 is 0. The van der Waals surface area contributed by atoms with Crippen molar-refractivity contribution < 1.29 is 4.79 Å². The molecule has 1 aliphatic heterocycles. The highest BCUT2D eigenvalue weighted by atomic mass is 16.2. The second-order valence-electron chi connectivity index (χ2n) is 7.16. The molecule has 1 atom stereocenters. The van der Waals surface area contributed by atoms with Crippen LogP contribution in [0.25, 0.3) is 0 Å². The summed E-state index contributed by atoms with van der Waals surface area (Å²) in [6.07, 6.45) is 9.13. The van der Waals surface area contributed by atoms with Crippen molar-refractivity contribution in [2.24, 2.45) is 0 Å². The molecule has 0 radical (unpaired) electrons. The number of likely N-dealkylation sites (tertiary alicyclic amines) is 1. The molecule has 7 nitrogen and oxygen atoms in total. The molecule has 0 saturated carbocycles. The first-order valence-corrected chi connectivity index (χ1v) is 9.09. The van der Waals surface area contributed by atoms with Crippen molar-refractivity contribution in [3.8, 4) is 0 Å². The SMILES string of the molecule is Cc1cnn(C[C@H]2CCCCN2CC(=O)Nc2ccnn2C(C)C)c1. The molecule has 1 N–H and O–H groups in total. The van der Waals surface area contributed by atoms with E-state index in [1.54, 1.807) is 6.20 Å². The molecule has 0 aliphatic carbocycles. The molecular weight excluding hydrogens is 316 g/mol. The summed E-state index contributed by atoms with van der Waals surface area (Å²) in [6, 6.07) is 2.42. The summed E-state index contributed by atoms with van der Waals surface area (Å²) < 4.78 is 3.82. The van der Waals surface area contributed by atoms with Crippen LogP contribution in [0.5, 0.6) is 0 Å². The van der Waals surface area contributed by atoms with Crippen molar-refractivity contribution in [2.45, 2.75) is 58.7 Å². The Balaban J connectivity index is 1.60. The first-order valence-electron chi connectivity index (χ1n) is 9.09. The van der Waals surface area contributed by atoms with Crippen LogP contribution in [0.15, 0.2) is 24.7 Å². The Morgan fingerprint density at radius 1 is 1.36 bits per heavy atom. The van der Waals surface area contributed by atoms with E-state index in [0.717, 1.165) is 31.7 Å². The number of amides is 1. The molecule has 0 bridgehead atoms. The van der Waals surface area contributed by atoms with E-state index < -0.39 is 0 Å². The van der Waals surface area contributed by atoms with Gasteiger partial charge in [0.2, 0.25) is 5.91 Å². The van der Waals surface area contributed by atoms with E-state index in [4.69, 9.17) is 0 Å². The highest BCUT2D eigenvalue weighted by Gasteiger charge is 2.25. The van der Waals surface area contributed by atoms with Gasteiger partial charge in [0.15, 0.2) is 0 Å². The summed E-state index contributed by atoms with van der Waals surface area (Å²) in [5.74, 6) is 0.780. The van der Waals surface area contributed by atoms with Gasteiger partial charge in [-0.3, -0.25) is 14.4 Å². The molecule has 1 amide bonds. The smallest absolute Gasteiger partial charge is 0.239 e. The highest BCUT2D eigenvalue weighted by molar-refractivity contribution is 5.91. The zero-order valence-electron chi connectivity index (χ0n) is 15.4. The fourth-order valence-corrected chi connectivity index (χ4v) is 3.45. The van der Waals surface area contributed by atoms with Crippen LogP contribution in [0.3, 0.4) is 0 Å². The Labute approximate surface area is 149 Å². The summed E-state index contributed by atoms with van der Waals surface area (Å²) in [6.45, 7) is 8.36. The molecule has 0 aromatic carbocycles. The van der Waals surface area contributed by atoms with Crippen molar-refractivity contribution in [3.05, 3.63) is 30.2 Å². The fourth-order valence-electron chi connectivity index (χ4n) is 3.45. The second kappa shape index (κ2) is 7.82. The number of nitrogens with zero attached hydrogens (tertiary/aromatic N) is 5. The normalized spacial score (nSPS) is 18.6. The number of carbonyl (C=O) groups is 1. The lowest BCUT2D eigenvalue weighted by Crippen LogP contribution is -2.46. The van der Waals surface area contributed by atoms with Crippen molar-refractivity contribution in [3.63, 3.8) is 0 Å². The van der Waals surface area contributed by atoms with Gasteiger partial charge < -0.3 is 5.32 Å². The fraction of sp³-hybridized carbons (Fsp3) is 0.611. The van der Waals surface area contributed by atoms with Crippen molar-refractivity contribution in [2.75, 3.05) is 18.4 Å². The molecule has 1 aliphatic rings. The lowest BCUT2D eigenvalue weighted by molar-refractivity contribution is -0.118. The van der Waals surface area contributed by atoms with Gasteiger partial charge in [0.1, 0.15) is 5.82 Å². The van der Waals surface area contributed by atoms with E-state index in [-0.39, 0.29) is 11.9 Å². The molecule has 2 aromatic rings. The Morgan fingerprint density at radius 3 is 2.92 bits per heavy atom. The summed E-state index contributed by atoms with van der Waals surface area (Å²) in [5, 5.41) is 11.7. The van der Waals surface area contributed by atoms with E-state index >= 15 is 0 Å². The average molecular weight is 344 g/mol. The van der Waals surface area contributed by atoms with Crippen molar-refractivity contribution in [1.82, 2.24) is 24.5 Å². The highest BCUT2D eigenvalue weighted by Crippen LogP contribution is 2.19. The lowest BCUT2D eigenvalue weighted by Gasteiger charge is -2.35. The third-order valence-corrected chi connectivity index (χ3v) is 4.68. The third-order valence-electron chi connectivity index (χ3n) is 4.68. The Kier molecular flexibility index (Phi) is 5.53. The van der Waals surface area contributed by atoms with E-state index in [2.05, 4.69) is 40.5 Å². The molecule has 1 saturated heterocycles. The number of piperidine rings is 1. The van der Waals surface area contributed by atoms with E-state index in [0.29, 0.717) is 12.6 Å². The lowest BCUT2D eigenvalue weighted by atomic mass is 10.0. The van der Waals surface area contributed by atoms with E-state index in [9.17, 15) is 4.79 Å². The molecule has 2 aromatic heterocycles. The predicted molar refractivity (Wildman–Crippen MR) is 97.4 cm³/mol. The van der Waals surface area contributed by atoms with Crippen LogP contribution >= 0.6 is 0 Å². The van der Waals surface area contributed by atoms with Crippen LogP contribution in [0.4, 0.5) is 5.82 Å². The number of rotatable bonds is 6. The van der Waals surface area contributed by atoms with Crippen LogP contribution in [0.2, 0.25) is 0 Å². The maximum absolute atomic E-state index is 12.5. The largest absolute Gasteiger partial charge is 0.310 e. The van der Waals surface area contributed by atoms with Gasteiger partial charge >= 0.3 is 0 Å². The molecular formula is C18H28N6O. The van der Waals surface area contributed by atoms with Crippen molar-refractivity contribution in [1.29, 1.82) is 0 Å². The minimum atomic E-state index is 0.0194. The zero-order chi connectivity index (χ0) is 17.8. The van der Waals surface area contributed by atoms with Crippen LogP contribution < -0.4 is 5.32 Å². The first-order chi connectivity index (χ1) is 12.0. The number of carbonyl (C=O) groups excluding carboxylic acids is 1. The zero-order valence-corrected chi connectivity index (χ0v) is 15.4. The number of nitrogens with one attached hydrogen (secondary N) is 1. The first kappa shape index (κ1) is 17.7. The number of aromatic nitrogens is 4. The third kappa shape index (κ3) is 4.48. The van der Waals surface area contributed by atoms with Crippen LogP contribution in [0.1, 0.15) is 44.7 Å². The monoisotopic (exact) mass is 344 g/mol. The number of hydrogen-bond donors (Lipinski definition) is 1. The Hall–Kier alpha value is -2.15. The molecule has 1 fully saturated rings. The maximum Gasteiger partial charge on any atom is 0.239 e. The van der Waals surface area contributed by atoms with Crippen LogP contribution in [0, 0.1) is 6.92 Å². The minimum Gasteiger partial charge on any atom is -0.310 e. The molecule has 0 spiro atoms. The second-order valence-corrected chi connectivity index (χ2v) is 7.16. The Morgan fingerprint density at radius 2 is 2.20 bits per heavy atom. The molecule has 7 heteroatoms. The summed E-state index contributed by atoms with van der Waals surface area (Å²) in [4.78, 5) is 14.8. The Bertz CT molecular complexity index is 704. The quantitative estimate of drug-likeness (QED) is 0.874. The topological polar surface area (TPSA) is 68.0 Å². The van der Waals surface area contributed by atoms with E-state index in [1.807, 2.05) is 28.6 Å². The summed E-state index contributed by atoms with van der Waals surface area (Å²) in [5.41, 5.74) is 1.17. The molecule has 25 heavy (non-hydrogen) atoms. The van der Waals surface area contributed by atoms with Gasteiger partial charge in [0.05, 0.1) is 25.5 Å². The molecule has 3 rings (SSSR count). The van der Waals surface area contributed by atoms with Gasteiger partial charge in [0.25, 0.3) is 0 Å². The van der Waals surface area contributed by atoms with E-state index in [1.165, 1.54) is 12.0 Å². The van der Waals surface area contributed by atoms with Gasteiger partial charge in [-0.05, 0) is 45.7 Å². The van der Waals surface area contributed by atoms with Gasteiger partial charge in [0, 0.05) is 24.3 Å². The number of anilines is 1. The van der Waals surface area contributed by atoms with Gasteiger partial charge in [-0.25, -0.2) is 4.68 Å². The minimum absolute atomic E-state index is 0.0194. The average Bonchev–Trinajstić information content (AvgIpc) is 3.18. The summed E-state index contributed by atoms with van der Waals surface area (Å²) in [7, 11) is 0. The maximum atomic E-state index is 12.5. The van der Waals surface area contributed by atoms with Gasteiger partial charge in [-0.2, -0.15) is 10.2 Å². The molecule has 136 valence electrons. The number of hydrogen-bond acceptors (Lipinski definition) is 4. The van der Waals surface area contributed by atoms with Gasteiger partial charge in [-0.15, -0.1) is 0 Å². The molecule has 0 unspecified atom stereocenters. The van der Waals surface area contributed by atoms with Crippen LogP contribution in [-0.4, -0.2) is 49.5 Å². The predicted octanol–water partition coefficient (Wildman–Crippen LogP) is 2.46.